The number of halogens is 1. The highest BCUT2D eigenvalue weighted by Crippen LogP contribution is 2.10. The molecular weight excluding hydrogens is 299 g/mol. The third kappa shape index (κ3) is 5.32. The first-order chi connectivity index (χ1) is 10.8. The van der Waals surface area contributed by atoms with Crippen LogP contribution in [-0.2, 0) is 4.79 Å². The van der Waals surface area contributed by atoms with Crippen LogP contribution in [0.3, 0.4) is 0 Å². The minimum absolute atomic E-state index is 0.0463. The summed E-state index contributed by atoms with van der Waals surface area (Å²) in [4.78, 5) is 24.6. The molecule has 1 rings (SSSR count). The second kappa shape index (κ2) is 8.62. The predicted octanol–water partition coefficient (Wildman–Crippen LogP) is 1.71. The number of nitrogens with one attached hydrogen (secondary N) is 2. The summed E-state index contributed by atoms with van der Waals surface area (Å²) in [6, 6.07) is 4.61. The molecule has 0 radical (unpaired) electrons. The molecule has 23 heavy (non-hydrogen) atoms. The van der Waals surface area contributed by atoms with Gasteiger partial charge in [-0.3, -0.25) is 9.59 Å². The number of amides is 2. The van der Waals surface area contributed by atoms with Crippen molar-refractivity contribution in [1.82, 2.24) is 10.6 Å². The van der Waals surface area contributed by atoms with Crippen molar-refractivity contribution in [1.29, 1.82) is 0 Å². The van der Waals surface area contributed by atoms with Gasteiger partial charge in [-0.2, -0.15) is 0 Å². The van der Waals surface area contributed by atoms with Crippen molar-refractivity contribution in [3.8, 4) is 0 Å². The second-order valence-electron chi connectivity index (χ2n) is 6.13. The van der Waals surface area contributed by atoms with Crippen LogP contribution in [0.25, 0.3) is 0 Å². The normalized spacial score (nSPS) is 14.9. The van der Waals surface area contributed by atoms with Crippen LogP contribution < -0.4 is 10.6 Å². The lowest BCUT2D eigenvalue weighted by molar-refractivity contribution is -0.125. The van der Waals surface area contributed by atoms with E-state index in [1.54, 1.807) is 26.8 Å². The van der Waals surface area contributed by atoms with Crippen molar-refractivity contribution in [3.63, 3.8) is 0 Å². The Labute approximate surface area is 136 Å². The van der Waals surface area contributed by atoms with Gasteiger partial charge in [-0.25, -0.2) is 4.39 Å². The molecule has 3 N–H and O–H groups in total. The van der Waals surface area contributed by atoms with Gasteiger partial charge in [-0.1, -0.05) is 32.9 Å². The first-order valence-corrected chi connectivity index (χ1v) is 7.74. The molecule has 0 saturated carbocycles. The third-order valence-corrected chi connectivity index (χ3v) is 3.87. The quantitative estimate of drug-likeness (QED) is 0.714. The van der Waals surface area contributed by atoms with E-state index in [0.717, 1.165) is 0 Å². The van der Waals surface area contributed by atoms with Crippen LogP contribution in [0.1, 0.15) is 38.1 Å². The first-order valence-electron chi connectivity index (χ1n) is 7.74. The Morgan fingerprint density at radius 2 is 1.74 bits per heavy atom. The topological polar surface area (TPSA) is 78.4 Å². The fourth-order valence-corrected chi connectivity index (χ4v) is 2.01. The standard InChI is InChI=1S/C17H25FN2O3/c1-10(2)15(17(23)19-12(4)11(3)9-21)20-16(22)13-7-5-6-8-14(13)18/h5-8,10-12,15,21H,9H2,1-4H3,(H,19,23)(H,20,22). The van der Waals surface area contributed by atoms with E-state index in [2.05, 4.69) is 10.6 Å². The Kier molecular flexibility index (Phi) is 7.16. The molecule has 1 aromatic rings. The smallest absolute Gasteiger partial charge is 0.254 e. The van der Waals surface area contributed by atoms with Gasteiger partial charge in [0.15, 0.2) is 0 Å². The van der Waals surface area contributed by atoms with Gasteiger partial charge in [0.1, 0.15) is 11.9 Å². The first kappa shape index (κ1) is 19.1. The highest BCUT2D eigenvalue weighted by Gasteiger charge is 2.27. The van der Waals surface area contributed by atoms with Crippen LogP contribution in [0.5, 0.6) is 0 Å². The number of aliphatic hydroxyl groups is 1. The van der Waals surface area contributed by atoms with E-state index < -0.39 is 17.8 Å². The predicted molar refractivity (Wildman–Crippen MR) is 86.3 cm³/mol. The van der Waals surface area contributed by atoms with E-state index in [1.165, 1.54) is 18.2 Å². The fourth-order valence-electron chi connectivity index (χ4n) is 2.01. The number of hydrogen-bond donors (Lipinski definition) is 3. The Hall–Kier alpha value is -1.95. The number of carbonyl (C=O) groups is 2. The van der Waals surface area contributed by atoms with E-state index >= 15 is 0 Å². The molecule has 3 atom stereocenters. The fraction of sp³-hybridized carbons (Fsp3) is 0.529. The van der Waals surface area contributed by atoms with Crippen molar-refractivity contribution in [2.24, 2.45) is 11.8 Å². The van der Waals surface area contributed by atoms with E-state index in [1.807, 2.05) is 6.92 Å². The minimum Gasteiger partial charge on any atom is -0.396 e. The number of rotatable bonds is 7. The molecule has 2 amide bonds. The zero-order chi connectivity index (χ0) is 17.6. The van der Waals surface area contributed by atoms with Gasteiger partial charge in [0.25, 0.3) is 5.91 Å². The van der Waals surface area contributed by atoms with Gasteiger partial charge < -0.3 is 15.7 Å². The SMILES string of the molecule is CC(C)C(NC(=O)c1ccccc1F)C(=O)NC(C)C(C)CO. The summed E-state index contributed by atoms with van der Waals surface area (Å²) in [6.45, 7) is 7.15. The van der Waals surface area contributed by atoms with E-state index in [9.17, 15) is 14.0 Å². The maximum absolute atomic E-state index is 13.7. The number of aliphatic hydroxyl groups excluding tert-OH is 1. The van der Waals surface area contributed by atoms with Crippen molar-refractivity contribution < 1.29 is 19.1 Å². The van der Waals surface area contributed by atoms with Crippen molar-refractivity contribution >= 4 is 11.8 Å². The number of benzene rings is 1. The Morgan fingerprint density at radius 1 is 1.13 bits per heavy atom. The molecule has 0 saturated heterocycles. The molecule has 6 heteroatoms. The highest BCUT2D eigenvalue weighted by molar-refractivity contribution is 5.97. The summed E-state index contributed by atoms with van der Waals surface area (Å²) >= 11 is 0. The van der Waals surface area contributed by atoms with Gasteiger partial charge >= 0.3 is 0 Å². The zero-order valence-corrected chi connectivity index (χ0v) is 14.0. The van der Waals surface area contributed by atoms with Crippen LogP contribution in [0.15, 0.2) is 24.3 Å². The van der Waals surface area contributed by atoms with Crippen LogP contribution in [0.2, 0.25) is 0 Å². The molecule has 128 valence electrons. The minimum atomic E-state index is -0.782. The van der Waals surface area contributed by atoms with Crippen molar-refractivity contribution in [2.75, 3.05) is 6.61 Å². The Morgan fingerprint density at radius 3 is 2.26 bits per heavy atom. The summed E-state index contributed by atoms with van der Waals surface area (Å²) in [5.74, 6) is -1.87. The molecule has 0 heterocycles. The van der Waals surface area contributed by atoms with E-state index in [0.29, 0.717) is 0 Å². The maximum atomic E-state index is 13.7. The highest BCUT2D eigenvalue weighted by atomic mass is 19.1. The molecule has 0 aliphatic heterocycles. The van der Waals surface area contributed by atoms with Crippen molar-refractivity contribution in [2.45, 2.75) is 39.8 Å². The lowest BCUT2D eigenvalue weighted by atomic mass is 10.00. The van der Waals surface area contributed by atoms with E-state index in [4.69, 9.17) is 5.11 Å². The lowest BCUT2D eigenvalue weighted by Gasteiger charge is -2.26. The maximum Gasteiger partial charge on any atom is 0.254 e. The monoisotopic (exact) mass is 324 g/mol. The van der Waals surface area contributed by atoms with E-state index in [-0.39, 0.29) is 36.0 Å². The molecular formula is C17H25FN2O3. The van der Waals surface area contributed by atoms with Crippen LogP contribution in [0, 0.1) is 17.7 Å². The summed E-state index contributed by atoms with van der Waals surface area (Å²) in [7, 11) is 0. The molecule has 0 fully saturated rings. The molecule has 0 aliphatic rings. The molecule has 0 aliphatic carbocycles. The molecule has 0 bridgehead atoms. The average Bonchev–Trinajstić information content (AvgIpc) is 2.51. The molecule has 5 nitrogen and oxygen atoms in total. The lowest BCUT2D eigenvalue weighted by Crippen LogP contribution is -2.53. The van der Waals surface area contributed by atoms with Crippen LogP contribution >= 0.6 is 0 Å². The molecule has 0 aromatic heterocycles. The van der Waals surface area contributed by atoms with Gasteiger partial charge in [-0.15, -0.1) is 0 Å². The van der Waals surface area contributed by atoms with Crippen LogP contribution in [-0.4, -0.2) is 35.6 Å². The van der Waals surface area contributed by atoms with Gasteiger partial charge in [0.2, 0.25) is 5.91 Å². The summed E-state index contributed by atoms with van der Waals surface area (Å²) in [5.41, 5.74) is -0.0947. The van der Waals surface area contributed by atoms with Gasteiger partial charge in [-0.05, 0) is 30.9 Å². The van der Waals surface area contributed by atoms with Crippen molar-refractivity contribution in [3.05, 3.63) is 35.6 Å². The summed E-state index contributed by atoms with van der Waals surface area (Å²) < 4.78 is 13.7. The Bertz CT molecular complexity index is 548. The van der Waals surface area contributed by atoms with Crippen LogP contribution in [0.4, 0.5) is 4.39 Å². The second-order valence-corrected chi connectivity index (χ2v) is 6.13. The van der Waals surface area contributed by atoms with Gasteiger partial charge in [0.05, 0.1) is 5.56 Å². The average molecular weight is 324 g/mol. The largest absolute Gasteiger partial charge is 0.396 e. The number of hydrogen-bond acceptors (Lipinski definition) is 3. The zero-order valence-electron chi connectivity index (χ0n) is 14.0. The molecule has 0 spiro atoms. The molecule has 1 aromatic carbocycles. The van der Waals surface area contributed by atoms with Gasteiger partial charge in [0, 0.05) is 12.6 Å². The third-order valence-electron chi connectivity index (χ3n) is 3.87. The molecule has 3 unspecified atom stereocenters. The summed E-state index contributed by atoms with van der Waals surface area (Å²) in [5, 5.41) is 14.5. The number of carbonyl (C=O) groups excluding carboxylic acids is 2. The Balaban J connectivity index is 2.81. The summed E-state index contributed by atoms with van der Waals surface area (Å²) in [6.07, 6.45) is 0.